The van der Waals surface area contributed by atoms with Crippen LogP contribution in [0.15, 0.2) is 39.8 Å². The number of nitrogens with zero attached hydrogens (tertiary/aromatic N) is 2. The first kappa shape index (κ1) is 16.9. The molecule has 6 nitrogen and oxygen atoms in total. The molecule has 2 rings (SSSR count). The van der Waals surface area contributed by atoms with Crippen LogP contribution in [0.1, 0.15) is 23.9 Å². The predicted molar refractivity (Wildman–Crippen MR) is 90.8 cm³/mol. The second kappa shape index (κ2) is 8.82. The van der Waals surface area contributed by atoms with Crippen molar-refractivity contribution >= 4 is 5.96 Å². The lowest BCUT2D eigenvalue weighted by Gasteiger charge is -2.10. The third-order valence-corrected chi connectivity index (χ3v) is 3.49. The number of hydrogen-bond acceptors (Lipinski definition) is 4. The van der Waals surface area contributed by atoms with Crippen LogP contribution in [0.4, 0.5) is 0 Å². The number of aryl methyl sites for hydroxylation is 1. The number of benzene rings is 1. The standard InChI is InChI=1S/C17H24N4O2/c1-4-14-11-16(23-21-14)12-20-17(18-2)19-10-9-13-5-7-15(22-3)8-6-13/h5-8,11H,4,9-10,12H2,1-3H3,(H2,18,19,20). The van der Waals surface area contributed by atoms with Gasteiger partial charge in [0.05, 0.1) is 19.3 Å². The SMILES string of the molecule is CCc1cc(CNC(=NC)NCCc2ccc(OC)cc2)on1. The summed E-state index contributed by atoms with van der Waals surface area (Å²) in [6.45, 7) is 3.41. The van der Waals surface area contributed by atoms with Crippen molar-refractivity contribution in [3.05, 3.63) is 47.3 Å². The van der Waals surface area contributed by atoms with E-state index in [9.17, 15) is 0 Å². The molecule has 2 aromatic rings. The van der Waals surface area contributed by atoms with Crippen LogP contribution in [-0.2, 0) is 19.4 Å². The average molecular weight is 316 g/mol. The Morgan fingerprint density at radius 1 is 1.26 bits per heavy atom. The zero-order valence-electron chi connectivity index (χ0n) is 13.9. The Kier molecular flexibility index (Phi) is 6.47. The highest BCUT2D eigenvalue weighted by Gasteiger charge is 2.04. The van der Waals surface area contributed by atoms with Gasteiger partial charge in [0.15, 0.2) is 11.7 Å². The third kappa shape index (κ3) is 5.32. The van der Waals surface area contributed by atoms with E-state index < -0.39 is 0 Å². The molecule has 0 aliphatic carbocycles. The molecule has 0 aliphatic heterocycles. The van der Waals surface area contributed by atoms with E-state index in [0.717, 1.165) is 42.5 Å². The zero-order valence-corrected chi connectivity index (χ0v) is 13.9. The van der Waals surface area contributed by atoms with E-state index >= 15 is 0 Å². The largest absolute Gasteiger partial charge is 0.497 e. The normalized spacial score (nSPS) is 11.3. The summed E-state index contributed by atoms with van der Waals surface area (Å²) in [6, 6.07) is 10.0. The van der Waals surface area contributed by atoms with Crippen molar-refractivity contribution in [2.24, 2.45) is 4.99 Å². The molecular formula is C17H24N4O2. The van der Waals surface area contributed by atoms with Crippen molar-refractivity contribution < 1.29 is 9.26 Å². The minimum Gasteiger partial charge on any atom is -0.497 e. The van der Waals surface area contributed by atoms with Gasteiger partial charge in [-0.2, -0.15) is 0 Å². The number of ether oxygens (including phenoxy) is 1. The molecule has 0 amide bonds. The number of aliphatic imine (C=N–C) groups is 1. The molecular weight excluding hydrogens is 292 g/mol. The molecule has 0 saturated heterocycles. The summed E-state index contributed by atoms with van der Waals surface area (Å²) in [4.78, 5) is 4.20. The molecule has 0 bridgehead atoms. The molecule has 0 saturated carbocycles. The second-order valence-corrected chi connectivity index (χ2v) is 5.09. The van der Waals surface area contributed by atoms with Gasteiger partial charge in [0.25, 0.3) is 0 Å². The van der Waals surface area contributed by atoms with Crippen molar-refractivity contribution in [3.63, 3.8) is 0 Å². The lowest BCUT2D eigenvalue weighted by atomic mass is 10.1. The highest BCUT2D eigenvalue weighted by molar-refractivity contribution is 5.79. The fourth-order valence-electron chi connectivity index (χ4n) is 2.11. The molecule has 0 unspecified atom stereocenters. The highest BCUT2D eigenvalue weighted by Crippen LogP contribution is 2.11. The van der Waals surface area contributed by atoms with Crippen LogP contribution in [-0.4, -0.2) is 31.8 Å². The summed E-state index contributed by atoms with van der Waals surface area (Å²) in [7, 11) is 3.42. The summed E-state index contributed by atoms with van der Waals surface area (Å²) in [5, 5.41) is 10.5. The van der Waals surface area contributed by atoms with E-state index in [1.165, 1.54) is 5.56 Å². The van der Waals surface area contributed by atoms with Gasteiger partial charge >= 0.3 is 0 Å². The first-order valence-electron chi connectivity index (χ1n) is 7.77. The number of nitrogens with one attached hydrogen (secondary N) is 2. The topological polar surface area (TPSA) is 71.7 Å². The van der Waals surface area contributed by atoms with Crippen LogP contribution < -0.4 is 15.4 Å². The van der Waals surface area contributed by atoms with Gasteiger partial charge in [-0.25, -0.2) is 0 Å². The molecule has 1 aromatic carbocycles. The fourth-order valence-corrected chi connectivity index (χ4v) is 2.11. The third-order valence-electron chi connectivity index (χ3n) is 3.49. The van der Waals surface area contributed by atoms with E-state index in [-0.39, 0.29) is 0 Å². The van der Waals surface area contributed by atoms with Gasteiger partial charge in [-0.1, -0.05) is 24.2 Å². The van der Waals surface area contributed by atoms with E-state index in [0.29, 0.717) is 6.54 Å². The van der Waals surface area contributed by atoms with Crippen LogP contribution in [0.25, 0.3) is 0 Å². The number of hydrogen-bond donors (Lipinski definition) is 2. The maximum Gasteiger partial charge on any atom is 0.191 e. The Balaban J connectivity index is 1.73. The molecule has 0 aliphatic rings. The quantitative estimate of drug-likeness (QED) is 0.605. The van der Waals surface area contributed by atoms with E-state index in [4.69, 9.17) is 9.26 Å². The molecule has 0 fully saturated rings. The first-order chi connectivity index (χ1) is 11.2. The summed E-state index contributed by atoms with van der Waals surface area (Å²) in [5.74, 6) is 2.42. The van der Waals surface area contributed by atoms with E-state index in [1.54, 1.807) is 14.2 Å². The number of rotatable bonds is 7. The molecule has 1 heterocycles. The van der Waals surface area contributed by atoms with Crippen LogP contribution in [0.2, 0.25) is 0 Å². The Labute approximate surface area is 136 Å². The lowest BCUT2D eigenvalue weighted by molar-refractivity contribution is 0.374. The van der Waals surface area contributed by atoms with Crippen LogP contribution in [0, 0.1) is 0 Å². The monoisotopic (exact) mass is 316 g/mol. The van der Waals surface area contributed by atoms with Gasteiger partial charge < -0.3 is 19.9 Å². The van der Waals surface area contributed by atoms with E-state index in [2.05, 4.69) is 39.8 Å². The van der Waals surface area contributed by atoms with Crippen molar-refractivity contribution in [1.82, 2.24) is 15.8 Å². The summed E-state index contributed by atoms with van der Waals surface area (Å²) < 4.78 is 10.4. The minimum atomic E-state index is 0.565. The van der Waals surface area contributed by atoms with Crippen molar-refractivity contribution in [1.29, 1.82) is 0 Å². The molecule has 1 aromatic heterocycles. The minimum absolute atomic E-state index is 0.565. The Bertz CT molecular complexity index is 620. The van der Waals surface area contributed by atoms with Crippen LogP contribution >= 0.6 is 0 Å². The molecule has 2 N–H and O–H groups in total. The molecule has 0 spiro atoms. The molecule has 124 valence electrons. The molecule has 0 atom stereocenters. The van der Waals surface area contributed by atoms with Gasteiger partial charge in [0, 0.05) is 19.7 Å². The first-order valence-corrected chi connectivity index (χ1v) is 7.77. The number of guanidine groups is 1. The van der Waals surface area contributed by atoms with Crippen LogP contribution in [0.3, 0.4) is 0 Å². The number of aromatic nitrogens is 1. The predicted octanol–water partition coefficient (Wildman–Crippen LogP) is 2.15. The van der Waals surface area contributed by atoms with Gasteiger partial charge in [0.1, 0.15) is 5.75 Å². The Morgan fingerprint density at radius 2 is 2.04 bits per heavy atom. The Hall–Kier alpha value is -2.50. The fraction of sp³-hybridized carbons (Fsp3) is 0.412. The van der Waals surface area contributed by atoms with E-state index in [1.807, 2.05) is 18.2 Å². The van der Waals surface area contributed by atoms with Gasteiger partial charge in [0.2, 0.25) is 0 Å². The maximum absolute atomic E-state index is 5.24. The summed E-state index contributed by atoms with van der Waals surface area (Å²) >= 11 is 0. The van der Waals surface area contributed by atoms with Gasteiger partial charge in [-0.3, -0.25) is 4.99 Å². The van der Waals surface area contributed by atoms with Crippen molar-refractivity contribution in [3.8, 4) is 5.75 Å². The molecule has 6 heteroatoms. The Morgan fingerprint density at radius 3 is 2.65 bits per heavy atom. The smallest absolute Gasteiger partial charge is 0.191 e. The lowest BCUT2D eigenvalue weighted by Crippen LogP contribution is -2.37. The van der Waals surface area contributed by atoms with Gasteiger partial charge in [-0.15, -0.1) is 0 Å². The summed E-state index contributed by atoms with van der Waals surface area (Å²) in [5.41, 5.74) is 2.21. The maximum atomic E-state index is 5.24. The summed E-state index contributed by atoms with van der Waals surface area (Å²) in [6.07, 6.45) is 1.78. The van der Waals surface area contributed by atoms with Gasteiger partial charge in [-0.05, 0) is 30.5 Å². The number of methoxy groups -OCH3 is 1. The zero-order chi connectivity index (χ0) is 16.5. The van der Waals surface area contributed by atoms with Crippen molar-refractivity contribution in [2.45, 2.75) is 26.3 Å². The molecule has 23 heavy (non-hydrogen) atoms. The average Bonchev–Trinajstić information content (AvgIpc) is 3.06. The second-order valence-electron chi connectivity index (χ2n) is 5.09. The molecule has 0 radical (unpaired) electrons. The van der Waals surface area contributed by atoms with Crippen molar-refractivity contribution in [2.75, 3.05) is 20.7 Å². The van der Waals surface area contributed by atoms with Crippen LogP contribution in [0.5, 0.6) is 5.75 Å². The highest BCUT2D eigenvalue weighted by atomic mass is 16.5.